The smallest absolute Gasteiger partial charge is 0.317 e. The van der Waals surface area contributed by atoms with Crippen LogP contribution in [0.5, 0.6) is 0 Å². The van der Waals surface area contributed by atoms with Crippen LogP contribution in [-0.2, 0) is 9.53 Å². The molecule has 1 amide bonds. The first-order valence-electron chi connectivity index (χ1n) is 5.56. The third-order valence-electron chi connectivity index (χ3n) is 2.20. The molecule has 0 atom stereocenters. The van der Waals surface area contributed by atoms with Gasteiger partial charge in [-0.05, 0) is 19.9 Å². The minimum atomic E-state index is -0.782. The Morgan fingerprint density at radius 3 is 2.63 bits per heavy atom. The van der Waals surface area contributed by atoms with Crippen LogP contribution in [0.2, 0.25) is 5.02 Å². The van der Waals surface area contributed by atoms with Crippen LogP contribution in [0, 0.1) is 5.21 Å². The van der Waals surface area contributed by atoms with Crippen LogP contribution in [-0.4, -0.2) is 24.0 Å². The summed E-state index contributed by atoms with van der Waals surface area (Å²) in [4.78, 5) is 22.7. The molecule has 0 aliphatic carbocycles. The zero-order valence-corrected chi connectivity index (χ0v) is 11.7. The van der Waals surface area contributed by atoms with Gasteiger partial charge in [-0.25, -0.2) is 0 Å². The predicted molar refractivity (Wildman–Crippen MR) is 68.6 cm³/mol. The Morgan fingerprint density at radius 2 is 2.11 bits per heavy atom. The summed E-state index contributed by atoms with van der Waals surface area (Å²) in [6.45, 7) is 4.65. The van der Waals surface area contributed by atoms with Gasteiger partial charge in [-0.2, -0.15) is 4.73 Å². The van der Waals surface area contributed by atoms with Gasteiger partial charge in [-0.3, -0.25) is 9.59 Å². The fraction of sp³-hybridized carbons (Fsp3) is 0.417. The standard InChI is InChI=1S/C12H15ClN2O4/c1-8(16)19-7-12(2,3)14-11(17)10-5-4-9(13)6-15(10)18/h4-6H,7H2,1-3H3,(H,14,17). The van der Waals surface area contributed by atoms with E-state index in [2.05, 4.69) is 5.32 Å². The summed E-state index contributed by atoms with van der Waals surface area (Å²) < 4.78 is 5.22. The lowest BCUT2D eigenvalue weighted by atomic mass is 10.1. The SMILES string of the molecule is CC(=O)OCC(C)(C)NC(=O)c1ccc(Cl)c[n+]1[O-]. The first kappa shape index (κ1) is 15.2. The Bertz CT molecular complexity index is 503. The van der Waals surface area contributed by atoms with E-state index in [0.717, 1.165) is 6.20 Å². The number of hydrogen-bond donors (Lipinski definition) is 1. The molecule has 0 bridgehead atoms. The lowest BCUT2D eigenvalue weighted by Crippen LogP contribution is -2.50. The Kier molecular flexibility index (Phi) is 4.72. The average molecular weight is 287 g/mol. The van der Waals surface area contributed by atoms with Crippen molar-refractivity contribution in [1.29, 1.82) is 0 Å². The van der Waals surface area contributed by atoms with Crippen molar-refractivity contribution in [2.75, 3.05) is 6.61 Å². The van der Waals surface area contributed by atoms with E-state index < -0.39 is 17.4 Å². The molecule has 6 nitrogen and oxygen atoms in total. The van der Waals surface area contributed by atoms with E-state index in [4.69, 9.17) is 16.3 Å². The predicted octanol–water partition coefficient (Wildman–Crippen LogP) is 1.04. The maximum atomic E-state index is 11.9. The van der Waals surface area contributed by atoms with E-state index in [1.165, 1.54) is 19.1 Å². The molecule has 1 aromatic heterocycles. The van der Waals surface area contributed by atoms with Gasteiger partial charge in [0.25, 0.3) is 5.69 Å². The highest BCUT2D eigenvalue weighted by Crippen LogP contribution is 2.07. The first-order valence-corrected chi connectivity index (χ1v) is 5.94. The number of carbonyl (C=O) groups excluding carboxylic acids is 2. The van der Waals surface area contributed by atoms with Gasteiger partial charge in [0.05, 0.1) is 5.54 Å². The molecule has 0 spiro atoms. The molecular formula is C12H15ClN2O4. The maximum Gasteiger partial charge on any atom is 0.317 e. The zero-order chi connectivity index (χ0) is 14.6. The third kappa shape index (κ3) is 4.75. The summed E-state index contributed by atoms with van der Waals surface area (Å²) in [7, 11) is 0. The van der Waals surface area contributed by atoms with Crippen molar-refractivity contribution in [2.45, 2.75) is 26.3 Å². The quantitative estimate of drug-likeness (QED) is 0.509. The van der Waals surface area contributed by atoms with E-state index in [1.54, 1.807) is 13.8 Å². The highest BCUT2D eigenvalue weighted by atomic mass is 35.5. The van der Waals surface area contributed by atoms with Crippen LogP contribution >= 0.6 is 11.6 Å². The molecule has 0 aliphatic heterocycles. The van der Waals surface area contributed by atoms with E-state index in [1.807, 2.05) is 0 Å². The molecule has 7 heteroatoms. The van der Waals surface area contributed by atoms with Crippen molar-refractivity contribution >= 4 is 23.5 Å². The van der Waals surface area contributed by atoms with E-state index in [-0.39, 0.29) is 17.3 Å². The van der Waals surface area contributed by atoms with E-state index in [0.29, 0.717) is 4.73 Å². The van der Waals surface area contributed by atoms with Gasteiger partial charge >= 0.3 is 11.9 Å². The third-order valence-corrected chi connectivity index (χ3v) is 2.42. The number of rotatable bonds is 4. The van der Waals surface area contributed by atoms with Crippen molar-refractivity contribution in [3.05, 3.63) is 34.3 Å². The highest BCUT2D eigenvalue weighted by Gasteiger charge is 2.26. The molecule has 0 saturated carbocycles. The second-order valence-electron chi connectivity index (χ2n) is 4.68. The van der Waals surface area contributed by atoms with Crippen molar-refractivity contribution in [3.63, 3.8) is 0 Å². The first-order chi connectivity index (χ1) is 8.71. The minimum absolute atomic E-state index is 0.0144. The fourth-order valence-electron chi connectivity index (χ4n) is 1.32. The normalized spacial score (nSPS) is 10.9. The van der Waals surface area contributed by atoms with Gasteiger partial charge in [-0.1, -0.05) is 11.6 Å². The van der Waals surface area contributed by atoms with Crippen molar-refractivity contribution < 1.29 is 19.1 Å². The second kappa shape index (κ2) is 5.88. The highest BCUT2D eigenvalue weighted by molar-refractivity contribution is 6.30. The van der Waals surface area contributed by atoms with Gasteiger partial charge in [0, 0.05) is 13.0 Å². The van der Waals surface area contributed by atoms with Crippen LogP contribution < -0.4 is 10.0 Å². The molecule has 0 unspecified atom stereocenters. The molecule has 0 saturated heterocycles. The molecule has 1 aromatic rings. The fourth-order valence-corrected chi connectivity index (χ4v) is 1.47. The molecule has 1 rings (SSSR count). The van der Waals surface area contributed by atoms with Crippen molar-refractivity contribution in [2.24, 2.45) is 0 Å². The number of pyridine rings is 1. The summed E-state index contributed by atoms with van der Waals surface area (Å²) in [6, 6.07) is 2.77. The minimum Gasteiger partial charge on any atom is -0.618 e. The number of nitrogens with one attached hydrogen (secondary N) is 1. The van der Waals surface area contributed by atoms with Gasteiger partial charge in [0.1, 0.15) is 11.6 Å². The molecule has 19 heavy (non-hydrogen) atoms. The number of ether oxygens (including phenoxy) is 1. The number of carbonyl (C=O) groups is 2. The van der Waals surface area contributed by atoms with Crippen molar-refractivity contribution in [1.82, 2.24) is 5.32 Å². The van der Waals surface area contributed by atoms with Crippen LogP contribution in [0.4, 0.5) is 0 Å². The molecule has 0 radical (unpaired) electrons. The zero-order valence-electron chi connectivity index (χ0n) is 10.9. The van der Waals surface area contributed by atoms with Gasteiger partial charge in [0.2, 0.25) is 0 Å². The Balaban J connectivity index is 2.75. The monoisotopic (exact) mass is 286 g/mol. The van der Waals surface area contributed by atoms with E-state index in [9.17, 15) is 14.8 Å². The molecule has 0 fully saturated rings. The Morgan fingerprint density at radius 1 is 1.47 bits per heavy atom. The van der Waals surface area contributed by atoms with Crippen LogP contribution in [0.25, 0.3) is 0 Å². The van der Waals surface area contributed by atoms with Crippen LogP contribution in [0.15, 0.2) is 18.3 Å². The van der Waals surface area contributed by atoms with Gasteiger partial charge < -0.3 is 15.3 Å². The topological polar surface area (TPSA) is 82.3 Å². The number of nitrogens with zero attached hydrogens (tertiary/aromatic N) is 1. The molecule has 1 heterocycles. The molecule has 0 aliphatic rings. The summed E-state index contributed by atoms with van der Waals surface area (Å²) in [5, 5.41) is 14.4. The van der Waals surface area contributed by atoms with Crippen LogP contribution in [0.3, 0.4) is 0 Å². The average Bonchev–Trinajstić information content (AvgIpc) is 2.25. The number of halogens is 1. The van der Waals surface area contributed by atoms with Gasteiger partial charge in [-0.15, -0.1) is 0 Å². The number of aromatic nitrogens is 1. The summed E-state index contributed by atoms with van der Waals surface area (Å²) >= 11 is 5.63. The maximum absolute atomic E-state index is 11.9. The van der Waals surface area contributed by atoms with Gasteiger partial charge in [0.15, 0.2) is 6.20 Å². The molecule has 0 aromatic carbocycles. The second-order valence-corrected chi connectivity index (χ2v) is 5.11. The Labute approximate surface area is 115 Å². The summed E-state index contributed by atoms with van der Waals surface area (Å²) in [5.41, 5.74) is -0.865. The molecule has 104 valence electrons. The van der Waals surface area contributed by atoms with Crippen molar-refractivity contribution in [3.8, 4) is 0 Å². The molecule has 1 N–H and O–H groups in total. The van der Waals surface area contributed by atoms with Crippen LogP contribution in [0.1, 0.15) is 31.3 Å². The number of esters is 1. The summed E-state index contributed by atoms with van der Waals surface area (Å²) in [5.74, 6) is -1.00. The molecular weight excluding hydrogens is 272 g/mol. The lowest BCUT2D eigenvalue weighted by molar-refractivity contribution is -0.607. The lowest BCUT2D eigenvalue weighted by Gasteiger charge is -2.24. The summed E-state index contributed by atoms with van der Waals surface area (Å²) in [6.07, 6.45) is 1.09. The largest absolute Gasteiger partial charge is 0.618 e. The number of hydrogen-bond acceptors (Lipinski definition) is 4. The number of amides is 1. The Hall–Kier alpha value is -1.82. The van der Waals surface area contributed by atoms with E-state index >= 15 is 0 Å².